The maximum atomic E-state index is 12.1. The first-order valence-corrected chi connectivity index (χ1v) is 3.22. The van der Waals surface area contributed by atoms with E-state index in [1.54, 1.807) is 0 Å². The molecule has 3 heteroatoms. The van der Waals surface area contributed by atoms with E-state index in [0.717, 1.165) is 6.42 Å². The Morgan fingerprint density at radius 2 is 2.11 bits per heavy atom. The number of aliphatic hydroxyl groups excluding tert-OH is 2. The van der Waals surface area contributed by atoms with Gasteiger partial charge < -0.3 is 10.2 Å². The molecule has 0 amide bonds. The Labute approximate surface area is 53.3 Å². The van der Waals surface area contributed by atoms with Crippen LogP contribution in [0.15, 0.2) is 0 Å². The third kappa shape index (κ3) is 1.40. The van der Waals surface area contributed by atoms with Crippen molar-refractivity contribution in [1.82, 2.24) is 0 Å². The maximum absolute atomic E-state index is 12.1. The Balaban J connectivity index is 2.40. The van der Waals surface area contributed by atoms with Crippen LogP contribution in [0.4, 0.5) is 4.39 Å². The van der Waals surface area contributed by atoms with Crippen molar-refractivity contribution in [3.05, 3.63) is 0 Å². The van der Waals surface area contributed by atoms with Gasteiger partial charge in [0.1, 0.15) is 0 Å². The van der Waals surface area contributed by atoms with Gasteiger partial charge >= 0.3 is 0 Å². The summed E-state index contributed by atoms with van der Waals surface area (Å²) < 4.78 is 12.1. The molecule has 2 N–H and O–H groups in total. The van der Waals surface area contributed by atoms with Crippen molar-refractivity contribution in [1.29, 1.82) is 0 Å². The summed E-state index contributed by atoms with van der Waals surface area (Å²) in [5.41, 5.74) is 0. The van der Waals surface area contributed by atoms with Crippen molar-refractivity contribution in [3.63, 3.8) is 0 Å². The van der Waals surface area contributed by atoms with E-state index in [0.29, 0.717) is 12.8 Å². The molecule has 0 aromatic rings. The summed E-state index contributed by atoms with van der Waals surface area (Å²) in [6.45, 7) is 0. The normalized spacial score (nSPS) is 39.0. The third-order valence-corrected chi connectivity index (χ3v) is 1.88. The summed E-state index contributed by atoms with van der Waals surface area (Å²) in [6, 6.07) is 0. The number of alkyl halides is 1. The molecule has 0 heterocycles. The van der Waals surface area contributed by atoms with Crippen LogP contribution in [0.1, 0.15) is 19.3 Å². The Morgan fingerprint density at radius 3 is 2.33 bits per heavy atom. The molecule has 1 fully saturated rings. The monoisotopic (exact) mass is 134 g/mol. The van der Waals surface area contributed by atoms with Crippen LogP contribution in [0.5, 0.6) is 0 Å². The summed E-state index contributed by atoms with van der Waals surface area (Å²) in [7, 11) is 0. The summed E-state index contributed by atoms with van der Waals surface area (Å²) in [4.78, 5) is 0. The van der Waals surface area contributed by atoms with Crippen LogP contribution < -0.4 is 0 Å². The van der Waals surface area contributed by atoms with E-state index in [-0.39, 0.29) is 0 Å². The molecule has 2 nitrogen and oxygen atoms in total. The Kier molecular flexibility index (Phi) is 2.03. The average Bonchev–Trinajstić information content (AvgIpc) is 2.13. The van der Waals surface area contributed by atoms with Gasteiger partial charge in [-0.15, -0.1) is 0 Å². The SMILES string of the molecule is OC(F)[C@H]1CCC[C@@H]1O. The van der Waals surface area contributed by atoms with Gasteiger partial charge in [-0.2, -0.15) is 0 Å². The lowest BCUT2D eigenvalue weighted by Crippen LogP contribution is -2.23. The fourth-order valence-corrected chi connectivity index (χ4v) is 1.29. The molecule has 54 valence electrons. The minimum atomic E-state index is -1.83. The molecule has 1 aliphatic rings. The first kappa shape index (κ1) is 6.96. The van der Waals surface area contributed by atoms with E-state index in [1.807, 2.05) is 0 Å². The molecule has 0 aromatic heterocycles. The van der Waals surface area contributed by atoms with Gasteiger partial charge in [0, 0.05) is 5.92 Å². The average molecular weight is 134 g/mol. The second-order valence-corrected chi connectivity index (χ2v) is 2.53. The van der Waals surface area contributed by atoms with E-state index in [2.05, 4.69) is 0 Å². The second kappa shape index (κ2) is 2.62. The van der Waals surface area contributed by atoms with Crippen molar-refractivity contribution in [2.75, 3.05) is 0 Å². The molecular weight excluding hydrogens is 123 g/mol. The molecule has 0 radical (unpaired) electrons. The molecule has 0 spiro atoms. The number of halogens is 1. The Morgan fingerprint density at radius 1 is 1.44 bits per heavy atom. The standard InChI is InChI=1S/C6H11FO2/c7-6(9)4-2-1-3-5(4)8/h4-6,8-9H,1-3H2/t4-,5-,6?/m0/s1. The van der Waals surface area contributed by atoms with Crippen LogP contribution in [0.2, 0.25) is 0 Å². The van der Waals surface area contributed by atoms with E-state index in [9.17, 15) is 4.39 Å². The predicted molar refractivity (Wildman–Crippen MR) is 30.5 cm³/mol. The highest BCUT2D eigenvalue weighted by Crippen LogP contribution is 2.28. The van der Waals surface area contributed by atoms with Crippen LogP contribution in [0, 0.1) is 5.92 Å². The van der Waals surface area contributed by atoms with Crippen LogP contribution in [-0.2, 0) is 0 Å². The molecule has 1 unspecified atom stereocenters. The van der Waals surface area contributed by atoms with Crippen molar-refractivity contribution in [2.45, 2.75) is 31.7 Å². The van der Waals surface area contributed by atoms with Gasteiger partial charge in [-0.05, 0) is 12.8 Å². The summed E-state index contributed by atoms with van der Waals surface area (Å²) in [5.74, 6) is -0.523. The zero-order valence-corrected chi connectivity index (χ0v) is 5.13. The van der Waals surface area contributed by atoms with Gasteiger partial charge in [-0.3, -0.25) is 0 Å². The zero-order chi connectivity index (χ0) is 6.85. The van der Waals surface area contributed by atoms with Gasteiger partial charge in [0.15, 0.2) is 0 Å². The van der Waals surface area contributed by atoms with Gasteiger partial charge in [0.25, 0.3) is 0 Å². The molecular formula is C6H11FO2. The lowest BCUT2D eigenvalue weighted by atomic mass is 10.1. The van der Waals surface area contributed by atoms with Crippen molar-refractivity contribution in [2.24, 2.45) is 5.92 Å². The van der Waals surface area contributed by atoms with Crippen LogP contribution in [0.3, 0.4) is 0 Å². The summed E-state index contributed by atoms with van der Waals surface area (Å²) in [6.07, 6.45) is -0.385. The minimum Gasteiger partial charge on any atom is -0.393 e. The lowest BCUT2D eigenvalue weighted by molar-refractivity contribution is -0.0497. The predicted octanol–water partition coefficient (Wildman–Crippen LogP) is 0.435. The van der Waals surface area contributed by atoms with Crippen molar-refractivity contribution < 1.29 is 14.6 Å². The first-order chi connectivity index (χ1) is 4.22. The lowest BCUT2D eigenvalue weighted by Gasteiger charge is -2.13. The number of aliphatic hydroxyl groups is 2. The van der Waals surface area contributed by atoms with Crippen molar-refractivity contribution >= 4 is 0 Å². The highest BCUT2D eigenvalue weighted by atomic mass is 19.1. The number of hydrogen-bond acceptors (Lipinski definition) is 2. The molecule has 3 atom stereocenters. The smallest absolute Gasteiger partial charge is 0.201 e. The molecule has 1 aliphatic carbocycles. The minimum absolute atomic E-state index is 0.523. The topological polar surface area (TPSA) is 40.5 Å². The fourth-order valence-electron chi connectivity index (χ4n) is 1.29. The van der Waals surface area contributed by atoms with E-state index >= 15 is 0 Å². The largest absolute Gasteiger partial charge is 0.393 e. The van der Waals surface area contributed by atoms with Gasteiger partial charge in [0.05, 0.1) is 6.10 Å². The van der Waals surface area contributed by atoms with Crippen LogP contribution in [0.25, 0.3) is 0 Å². The summed E-state index contributed by atoms with van der Waals surface area (Å²) in [5, 5.41) is 17.4. The van der Waals surface area contributed by atoms with Crippen LogP contribution in [-0.4, -0.2) is 22.7 Å². The van der Waals surface area contributed by atoms with Crippen molar-refractivity contribution in [3.8, 4) is 0 Å². The van der Waals surface area contributed by atoms with E-state index in [4.69, 9.17) is 10.2 Å². The zero-order valence-electron chi connectivity index (χ0n) is 5.13. The highest BCUT2D eigenvalue weighted by Gasteiger charge is 2.31. The molecule has 0 saturated heterocycles. The third-order valence-electron chi connectivity index (χ3n) is 1.88. The first-order valence-electron chi connectivity index (χ1n) is 3.22. The van der Waals surface area contributed by atoms with E-state index in [1.165, 1.54) is 0 Å². The molecule has 1 saturated carbocycles. The molecule has 0 aromatic carbocycles. The molecule has 1 rings (SSSR count). The van der Waals surface area contributed by atoms with Gasteiger partial charge in [-0.25, -0.2) is 4.39 Å². The Bertz CT molecular complexity index is 95.1. The van der Waals surface area contributed by atoms with Gasteiger partial charge in [-0.1, -0.05) is 6.42 Å². The molecule has 9 heavy (non-hydrogen) atoms. The second-order valence-electron chi connectivity index (χ2n) is 2.53. The fraction of sp³-hybridized carbons (Fsp3) is 1.00. The molecule has 0 bridgehead atoms. The quantitative estimate of drug-likeness (QED) is 0.546. The molecule has 0 aliphatic heterocycles. The highest BCUT2D eigenvalue weighted by molar-refractivity contribution is 4.77. The number of hydrogen-bond donors (Lipinski definition) is 2. The van der Waals surface area contributed by atoms with Gasteiger partial charge in [0.2, 0.25) is 6.36 Å². The Hall–Kier alpha value is -0.150. The van der Waals surface area contributed by atoms with Crippen LogP contribution >= 0.6 is 0 Å². The summed E-state index contributed by atoms with van der Waals surface area (Å²) >= 11 is 0. The maximum Gasteiger partial charge on any atom is 0.201 e. The van der Waals surface area contributed by atoms with E-state index < -0.39 is 18.4 Å². The number of rotatable bonds is 1.